The molecule has 5 nitrogen and oxygen atoms in total. The number of benzene rings is 1. The summed E-state index contributed by atoms with van der Waals surface area (Å²) in [6.07, 6.45) is 0.853. The number of aryl methyl sites for hydroxylation is 2. The third-order valence-corrected chi connectivity index (χ3v) is 3.18. The first-order valence-corrected chi connectivity index (χ1v) is 7.19. The lowest BCUT2D eigenvalue weighted by atomic mass is 10.1. The second kappa shape index (κ2) is 7.02. The van der Waals surface area contributed by atoms with Gasteiger partial charge in [-0.1, -0.05) is 49.4 Å². The molecule has 0 fully saturated rings. The summed E-state index contributed by atoms with van der Waals surface area (Å²) in [5.41, 5.74) is 2.29. The summed E-state index contributed by atoms with van der Waals surface area (Å²) in [7, 11) is 0. The van der Waals surface area contributed by atoms with Gasteiger partial charge >= 0.3 is 5.97 Å². The number of hydrogen-bond acceptors (Lipinski definition) is 4. The van der Waals surface area contributed by atoms with E-state index in [1.54, 1.807) is 4.68 Å². The molecule has 112 valence electrons. The summed E-state index contributed by atoms with van der Waals surface area (Å²) in [5.74, 6) is -0.0884. The molecule has 0 atom stereocenters. The Morgan fingerprint density at radius 1 is 1.29 bits per heavy atom. The second-order valence-corrected chi connectivity index (χ2v) is 5.47. The molecule has 0 aliphatic carbocycles. The molecule has 0 spiro atoms. The number of rotatable bonds is 6. The number of aromatic nitrogens is 3. The Morgan fingerprint density at radius 2 is 2.00 bits per heavy atom. The molecule has 0 N–H and O–H groups in total. The number of nitrogens with zero attached hydrogens (tertiary/aromatic N) is 3. The molecule has 1 aromatic carbocycles. The fourth-order valence-electron chi connectivity index (χ4n) is 1.95. The number of esters is 1. The van der Waals surface area contributed by atoms with E-state index >= 15 is 0 Å². The summed E-state index contributed by atoms with van der Waals surface area (Å²) in [6.45, 7) is 6.93. The topological polar surface area (TPSA) is 57.0 Å². The maximum absolute atomic E-state index is 11.9. The molecule has 1 heterocycles. The number of carbonyl (C=O) groups excluding carboxylic acids is 1. The number of hydrogen-bond donors (Lipinski definition) is 0. The standard InChI is InChI=1S/C16H21N3O2/c1-12(2)11-21-16(20)15-13(3)19(18-17-15)10-9-14-7-5-4-6-8-14/h4-8,12H,9-11H2,1-3H3. The molecule has 0 saturated carbocycles. The molecule has 2 rings (SSSR count). The van der Waals surface area contributed by atoms with Crippen LogP contribution in [0.25, 0.3) is 0 Å². The Labute approximate surface area is 124 Å². The van der Waals surface area contributed by atoms with Crippen molar-refractivity contribution in [2.24, 2.45) is 5.92 Å². The summed E-state index contributed by atoms with van der Waals surface area (Å²) < 4.78 is 6.94. The summed E-state index contributed by atoms with van der Waals surface area (Å²) >= 11 is 0. The molecule has 0 radical (unpaired) electrons. The van der Waals surface area contributed by atoms with Crippen LogP contribution in [0.1, 0.15) is 35.6 Å². The predicted octanol–water partition coefficient (Wildman–Crippen LogP) is 2.64. The highest BCUT2D eigenvalue weighted by atomic mass is 16.5. The van der Waals surface area contributed by atoms with Gasteiger partial charge in [-0.15, -0.1) is 5.10 Å². The largest absolute Gasteiger partial charge is 0.461 e. The maximum atomic E-state index is 11.9. The van der Waals surface area contributed by atoms with Crippen molar-refractivity contribution >= 4 is 5.97 Å². The van der Waals surface area contributed by atoms with E-state index in [1.807, 2.05) is 39.0 Å². The highest BCUT2D eigenvalue weighted by Gasteiger charge is 2.18. The van der Waals surface area contributed by atoms with E-state index in [2.05, 4.69) is 22.4 Å². The fourth-order valence-corrected chi connectivity index (χ4v) is 1.95. The van der Waals surface area contributed by atoms with Gasteiger partial charge in [-0.05, 0) is 24.8 Å². The van der Waals surface area contributed by atoms with Crippen LogP contribution in [0.15, 0.2) is 30.3 Å². The smallest absolute Gasteiger partial charge is 0.360 e. The summed E-state index contributed by atoms with van der Waals surface area (Å²) in [5, 5.41) is 7.99. The number of carbonyl (C=O) groups is 1. The highest BCUT2D eigenvalue weighted by molar-refractivity contribution is 5.88. The van der Waals surface area contributed by atoms with Crippen molar-refractivity contribution in [3.8, 4) is 0 Å². The van der Waals surface area contributed by atoms with Crippen molar-refractivity contribution in [1.82, 2.24) is 15.0 Å². The van der Waals surface area contributed by atoms with Gasteiger partial charge in [0, 0.05) is 6.54 Å². The molecule has 5 heteroatoms. The Balaban J connectivity index is 1.98. The van der Waals surface area contributed by atoms with Gasteiger partial charge < -0.3 is 4.74 Å². The normalized spacial score (nSPS) is 10.9. The van der Waals surface area contributed by atoms with Crippen LogP contribution < -0.4 is 0 Å². The van der Waals surface area contributed by atoms with Crippen molar-refractivity contribution < 1.29 is 9.53 Å². The molecule has 0 saturated heterocycles. The van der Waals surface area contributed by atoms with E-state index in [1.165, 1.54) is 5.56 Å². The Kier molecular flexibility index (Phi) is 5.09. The van der Waals surface area contributed by atoms with Gasteiger partial charge in [0.25, 0.3) is 0 Å². The second-order valence-electron chi connectivity index (χ2n) is 5.47. The zero-order valence-electron chi connectivity index (χ0n) is 12.7. The van der Waals surface area contributed by atoms with E-state index in [9.17, 15) is 4.79 Å². The predicted molar refractivity (Wildman–Crippen MR) is 80.0 cm³/mol. The van der Waals surface area contributed by atoms with Crippen LogP contribution >= 0.6 is 0 Å². The van der Waals surface area contributed by atoms with Crippen LogP contribution in [-0.4, -0.2) is 27.6 Å². The van der Waals surface area contributed by atoms with Gasteiger partial charge in [-0.3, -0.25) is 0 Å². The van der Waals surface area contributed by atoms with E-state index in [4.69, 9.17) is 4.74 Å². The third kappa shape index (κ3) is 4.15. The molecule has 21 heavy (non-hydrogen) atoms. The van der Waals surface area contributed by atoms with Crippen LogP contribution in [-0.2, 0) is 17.7 Å². The van der Waals surface area contributed by atoms with Crippen molar-refractivity contribution in [2.45, 2.75) is 33.7 Å². The van der Waals surface area contributed by atoms with Crippen molar-refractivity contribution in [1.29, 1.82) is 0 Å². The Bertz CT molecular complexity index is 591. The van der Waals surface area contributed by atoms with Gasteiger partial charge in [0.1, 0.15) is 0 Å². The van der Waals surface area contributed by atoms with Gasteiger partial charge in [0.05, 0.1) is 12.3 Å². The first-order valence-electron chi connectivity index (χ1n) is 7.19. The zero-order valence-corrected chi connectivity index (χ0v) is 12.7. The molecular formula is C16H21N3O2. The first-order chi connectivity index (χ1) is 10.1. The Hall–Kier alpha value is -2.17. The third-order valence-electron chi connectivity index (χ3n) is 3.18. The molecule has 0 bridgehead atoms. The van der Waals surface area contributed by atoms with Crippen molar-refractivity contribution in [3.63, 3.8) is 0 Å². The lowest BCUT2D eigenvalue weighted by Crippen LogP contribution is -2.12. The van der Waals surface area contributed by atoms with Gasteiger partial charge in [-0.25, -0.2) is 9.48 Å². The van der Waals surface area contributed by atoms with E-state index in [0.29, 0.717) is 24.8 Å². The van der Waals surface area contributed by atoms with Gasteiger partial charge in [0.2, 0.25) is 0 Å². The van der Waals surface area contributed by atoms with E-state index < -0.39 is 5.97 Å². The van der Waals surface area contributed by atoms with Crippen LogP contribution in [0.2, 0.25) is 0 Å². The maximum Gasteiger partial charge on any atom is 0.360 e. The molecule has 0 aliphatic heterocycles. The summed E-state index contributed by atoms with van der Waals surface area (Å²) in [4.78, 5) is 11.9. The molecule has 2 aromatic rings. The van der Waals surface area contributed by atoms with Crippen molar-refractivity contribution in [2.75, 3.05) is 6.61 Å². The van der Waals surface area contributed by atoms with Crippen LogP contribution in [0.4, 0.5) is 0 Å². The molecule has 0 unspecified atom stereocenters. The van der Waals surface area contributed by atoms with E-state index in [-0.39, 0.29) is 0 Å². The van der Waals surface area contributed by atoms with Gasteiger partial charge in [0.15, 0.2) is 5.69 Å². The van der Waals surface area contributed by atoms with Crippen LogP contribution in [0, 0.1) is 12.8 Å². The molecular weight excluding hydrogens is 266 g/mol. The SMILES string of the molecule is Cc1c(C(=O)OCC(C)C)nnn1CCc1ccccc1. The van der Waals surface area contributed by atoms with Crippen LogP contribution in [0.5, 0.6) is 0 Å². The van der Waals surface area contributed by atoms with Crippen LogP contribution in [0.3, 0.4) is 0 Å². The molecule has 1 aromatic heterocycles. The quantitative estimate of drug-likeness (QED) is 0.766. The highest BCUT2D eigenvalue weighted by Crippen LogP contribution is 2.08. The monoisotopic (exact) mass is 287 g/mol. The first kappa shape index (κ1) is 15.2. The van der Waals surface area contributed by atoms with Gasteiger partial charge in [-0.2, -0.15) is 0 Å². The number of ether oxygens (including phenoxy) is 1. The lowest BCUT2D eigenvalue weighted by Gasteiger charge is -2.06. The van der Waals surface area contributed by atoms with Crippen molar-refractivity contribution in [3.05, 3.63) is 47.3 Å². The summed E-state index contributed by atoms with van der Waals surface area (Å²) in [6, 6.07) is 10.2. The minimum atomic E-state index is -0.396. The lowest BCUT2D eigenvalue weighted by molar-refractivity contribution is 0.0451. The minimum Gasteiger partial charge on any atom is -0.461 e. The zero-order chi connectivity index (χ0) is 15.2. The average Bonchev–Trinajstić information content (AvgIpc) is 2.85. The average molecular weight is 287 g/mol. The Morgan fingerprint density at radius 3 is 2.67 bits per heavy atom. The molecule has 0 aliphatic rings. The minimum absolute atomic E-state index is 0.308. The fraction of sp³-hybridized carbons (Fsp3) is 0.438. The molecule has 0 amide bonds. The van der Waals surface area contributed by atoms with E-state index in [0.717, 1.165) is 12.1 Å².